The molecule has 0 saturated heterocycles. The molecule has 4 heterocycles. The van der Waals surface area contributed by atoms with Gasteiger partial charge >= 0.3 is 0 Å². The summed E-state index contributed by atoms with van der Waals surface area (Å²) in [5, 5.41) is 21.5. The van der Waals surface area contributed by atoms with Crippen molar-refractivity contribution in [3.8, 4) is 5.69 Å². The Morgan fingerprint density at radius 2 is 1.94 bits per heavy atom. The van der Waals surface area contributed by atoms with E-state index in [-0.39, 0.29) is 23.4 Å². The number of rotatable bonds is 6. The Morgan fingerprint density at radius 1 is 1.12 bits per heavy atom. The number of benzene rings is 1. The summed E-state index contributed by atoms with van der Waals surface area (Å²) in [7, 11) is 1.81. The number of hydrogen-bond donors (Lipinski definition) is 3. The second-order valence-electron chi connectivity index (χ2n) is 7.78. The standard InChI is InChI=1S/C23H21FN10/c1-13(14-7-31-34(11-14)18-6-4-3-5-17(18)24)32-23-20(22(26)28-12-29-23)21(25)16-8-27-10-19-15(16)9-30-33(19)2/h3-13,25H,1-2H3,(H3,26,28,29,32). The quantitative estimate of drug-likeness (QED) is 0.334. The van der Waals surface area contributed by atoms with E-state index in [9.17, 15) is 4.39 Å². The van der Waals surface area contributed by atoms with Crippen molar-refractivity contribution in [1.29, 1.82) is 5.41 Å². The van der Waals surface area contributed by atoms with E-state index in [1.54, 1.807) is 53.9 Å². The number of pyridine rings is 1. The summed E-state index contributed by atoms with van der Waals surface area (Å²) < 4.78 is 17.3. The van der Waals surface area contributed by atoms with Crippen molar-refractivity contribution in [2.75, 3.05) is 11.1 Å². The maximum Gasteiger partial charge on any atom is 0.148 e. The summed E-state index contributed by atoms with van der Waals surface area (Å²) in [5.74, 6) is 0.192. The van der Waals surface area contributed by atoms with Crippen LogP contribution in [0.15, 0.2) is 61.6 Å². The molecule has 5 aromatic rings. The van der Waals surface area contributed by atoms with Crippen molar-refractivity contribution in [2.24, 2.45) is 7.05 Å². The Bertz CT molecular complexity index is 1520. The third kappa shape index (κ3) is 3.62. The lowest BCUT2D eigenvalue weighted by atomic mass is 10.0. The zero-order valence-electron chi connectivity index (χ0n) is 18.4. The fourth-order valence-electron chi connectivity index (χ4n) is 3.77. The van der Waals surface area contributed by atoms with E-state index < -0.39 is 0 Å². The summed E-state index contributed by atoms with van der Waals surface area (Å²) in [5.41, 5.74) is 9.18. The molecule has 0 bridgehead atoms. The Kier molecular flexibility index (Phi) is 5.21. The van der Waals surface area contributed by atoms with Crippen LogP contribution < -0.4 is 11.1 Å². The fraction of sp³-hybridized carbons (Fsp3) is 0.130. The first kappa shape index (κ1) is 21.2. The summed E-state index contributed by atoms with van der Waals surface area (Å²) in [6.45, 7) is 1.91. The molecule has 0 saturated carbocycles. The number of aryl methyl sites for hydroxylation is 1. The van der Waals surface area contributed by atoms with Crippen molar-refractivity contribution in [3.05, 3.63) is 84.1 Å². The highest BCUT2D eigenvalue weighted by Crippen LogP contribution is 2.28. The highest BCUT2D eigenvalue weighted by Gasteiger charge is 2.21. The summed E-state index contributed by atoms with van der Waals surface area (Å²) in [6.07, 6.45) is 9.72. The molecule has 4 aromatic heterocycles. The molecule has 1 unspecified atom stereocenters. The van der Waals surface area contributed by atoms with Gasteiger partial charge in [0.1, 0.15) is 29.5 Å². The van der Waals surface area contributed by atoms with Gasteiger partial charge in [-0.3, -0.25) is 15.1 Å². The normalized spacial score (nSPS) is 12.1. The van der Waals surface area contributed by atoms with E-state index >= 15 is 0 Å². The molecule has 11 heteroatoms. The largest absolute Gasteiger partial charge is 0.383 e. The third-order valence-corrected chi connectivity index (χ3v) is 5.63. The number of nitrogens with zero attached hydrogens (tertiary/aromatic N) is 7. The molecule has 10 nitrogen and oxygen atoms in total. The smallest absolute Gasteiger partial charge is 0.148 e. The molecule has 5 rings (SSSR count). The molecule has 170 valence electrons. The SMILES string of the molecule is CC(Nc1ncnc(N)c1C(=N)c1cncc2c1cnn2C)c1cnn(-c2ccccc2F)c1. The molecule has 0 spiro atoms. The summed E-state index contributed by atoms with van der Waals surface area (Å²) >= 11 is 0. The summed E-state index contributed by atoms with van der Waals surface area (Å²) in [4.78, 5) is 12.7. The number of nitrogen functional groups attached to an aromatic ring is 1. The van der Waals surface area contributed by atoms with Gasteiger partial charge in [0, 0.05) is 36.0 Å². The van der Waals surface area contributed by atoms with Crippen LogP contribution in [0.4, 0.5) is 16.0 Å². The molecule has 0 aliphatic rings. The summed E-state index contributed by atoms with van der Waals surface area (Å²) in [6, 6.07) is 6.15. The van der Waals surface area contributed by atoms with Gasteiger partial charge in [-0.05, 0) is 19.1 Å². The van der Waals surface area contributed by atoms with Gasteiger partial charge in [0.15, 0.2) is 0 Å². The van der Waals surface area contributed by atoms with Crippen LogP contribution in [0.25, 0.3) is 16.6 Å². The molecular formula is C23H21FN10. The van der Waals surface area contributed by atoms with Crippen LogP contribution >= 0.6 is 0 Å². The molecule has 0 fully saturated rings. The Morgan fingerprint density at radius 3 is 2.76 bits per heavy atom. The van der Waals surface area contributed by atoms with Crippen molar-refractivity contribution in [1.82, 2.24) is 34.5 Å². The van der Waals surface area contributed by atoms with Gasteiger partial charge in [-0.1, -0.05) is 12.1 Å². The first-order valence-electron chi connectivity index (χ1n) is 10.5. The molecule has 0 aliphatic heterocycles. The number of anilines is 2. The van der Waals surface area contributed by atoms with E-state index in [2.05, 4.69) is 30.5 Å². The zero-order chi connectivity index (χ0) is 23.8. The van der Waals surface area contributed by atoms with Crippen LogP contribution in [-0.4, -0.2) is 40.2 Å². The highest BCUT2D eigenvalue weighted by molar-refractivity contribution is 6.21. The average molecular weight is 456 g/mol. The fourth-order valence-corrected chi connectivity index (χ4v) is 3.77. The van der Waals surface area contributed by atoms with Crippen LogP contribution in [0.1, 0.15) is 29.7 Å². The van der Waals surface area contributed by atoms with Gasteiger partial charge in [0.25, 0.3) is 0 Å². The average Bonchev–Trinajstić information content (AvgIpc) is 3.47. The monoisotopic (exact) mass is 456 g/mol. The minimum atomic E-state index is -0.366. The Balaban J connectivity index is 1.48. The van der Waals surface area contributed by atoms with E-state index in [0.717, 1.165) is 16.5 Å². The van der Waals surface area contributed by atoms with Gasteiger partial charge in [-0.25, -0.2) is 19.0 Å². The molecule has 0 aliphatic carbocycles. The Hall–Kier alpha value is -4.67. The van der Waals surface area contributed by atoms with E-state index in [1.807, 2.05) is 14.0 Å². The zero-order valence-corrected chi connectivity index (χ0v) is 18.4. The topological polar surface area (TPSA) is 136 Å². The highest BCUT2D eigenvalue weighted by atomic mass is 19.1. The van der Waals surface area contributed by atoms with Crippen LogP contribution in [0.3, 0.4) is 0 Å². The van der Waals surface area contributed by atoms with Crippen LogP contribution in [0.5, 0.6) is 0 Å². The molecular weight excluding hydrogens is 435 g/mol. The van der Waals surface area contributed by atoms with Crippen LogP contribution in [0, 0.1) is 11.2 Å². The maximum atomic E-state index is 14.2. The van der Waals surface area contributed by atoms with Gasteiger partial charge in [0.05, 0.1) is 41.4 Å². The lowest BCUT2D eigenvalue weighted by molar-refractivity contribution is 0.611. The molecule has 1 aromatic carbocycles. The number of para-hydroxylation sites is 1. The van der Waals surface area contributed by atoms with Crippen molar-refractivity contribution >= 4 is 28.3 Å². The van der Waals surface area contributed by atoms with E-state index in [4.69, 9.17) is 11.1 Å². The van der Waals surface area contributed by atoms with Crippen molar-refractivity contribution in [2.45, 2.75) is 13.0 Å². The predicted molar refractivity (Wildman–Crippen MR) is 126 cm³/mol. The first-order chi connectivity index (χ1) is 16.4. The van der Waals surface area contributed by atoms with Crippen molar-refractivity contribution < 1.29 is 4.39 Å². The van der Waals surface area contributed by atoms with Crippen molar-refractivity contribution in [3.63, 3.8) is 0 Å². The van der Waals surface area contributed by atoms with E-state index in [0.29, 0.717) is 22.6 Å². The molecule has 1 atom stereocenters. The maximum absolute atomic E-state index is 14.2. The van der Waals surface area contributed by atoms with Gasteiger partial charge in [0.2, 0.25) is 0 Å². The lowest BCUT2D eigenvalue weighted by Gasteiger charge is -2.17. The molecule has 4 N–H and O–H groups in total. The van der Waals surface area contributed by atoms with Gasteiger partial charge in [-0.15, -0.1) is 0 Å². The number of halogens is 1. The molecule has 0 amide bonds. The number of aromatic nitrogens is 7. The molecule has 34 heavy (non-hydrogen) atoms. The second-order valence-corrected chi connectivity index (χ2v) is 7.78. The van der Waals surface area contributed by atoms with Crippen LogP contribution in [-0.2, 0) is 7.05 Å². The number of fused-ring (bicyclic) bond motifs is 1. The number of hydrogen-bond acceptors (Lipinski definition) is 8. The third-order valence-electron chi connectivity index (χ3n) is 5.63. The van der Waals surface area contributed by atoms with Gasteiger partial charge < -0.3 is 11.1 Å². The second kappa shape index (κ2) is 8.35. The number of nitrogens with two attached hydrogens (primary N) is 1. The Labute approximate surface area is 193 Å². The minimum absolute atomic E-state index is 0.126. The van der Waals surface area contributed by atoms with E-state index in [1.165, 1.54) is 17.1 Å². The first-order valence-corrected chi connectivity index (χ1v) is 10.5. The van der Waals surface area contributed by atoms with Gasteiger partial charge in [-0.2, -0.15) is 10.2 Å². The molecule has 0 radical (unpaired) electrons. The van der Waals surface area contributed by atoms with Crippen LogP contribution in [0.2, 0.25) is 0 Å². The predicted octanol–water partition coefficient (Wildman–Crippen LogP) is 3.25. The lowest BCUT2D eigenvalue weighted by Crippen LogP contribution is -2.16. The number of nitrogens with one attached hydrogen (secondary N) is 2. The minimum Gasteiger partial charge on any atom is -0.383 e.